The van der Waals surface area contributed by atoms with E-state index in [1.54, 1.807) is 24.5 Å². The van der Waals surface area contributed by atoms with Crippen LogP contribution in [-0.4, -0.2) is 30.4 Å². The van der Waals surface area contributed by atoms with Gasteiger partial charge in [-0.2, -0.15) is 15.4 Å². The standard InChI is InChI=1S/C17H13FN6/c1-10-21-16(11-2-4-13(18)5-3-11)17(22-10)14-8-12(6-7-19-14)15-9-20-24-23-15/h2-9H,1H3,(H,21,22)(H,20,23,24). The zero-order valence-corrected chi connectivity index (χ0v) is 12.8. The Balaban J connectivity index is 1.83. The summed E-state index contributed by atoms with van der Waals surface area (Å²) in [7, 11) is 0. The summed E-state index contributed by atoms with van der Waals surface area (Å²) in [5.41, 5.74) is 4.70. The van der Waals surface area contributed by atoms with Crippen LogP contribution in [0.3, 0.4) is 0 Å². The van der Waals surface area contributed by atoms with Gasteiger partial charge in [-0.1, -0.05) is 0 Å². The molecule has 0 radical (unpaired) electrons. The molecule has 118 valence electrons. The molecule has 0 spiro atoms. The van der Waals surface area contributed by atoms with Gasteiger partial charge in [0.05, 0.1) is 23.3 Å². The number of nitrogens with zero attached hydrogens (tertiary/aromatic N) is 4. The number of halogens is 1. The molecule has 24 heavy (non-hydrogen) atoms. The summed E-state index contributed by atoms with van der Waals surface area (Å²) in [5.74, 6) is 0.483. The van der Waals surface area contributed by atoms with Crippen molar-refractivity contribution in [2.75, 3.05) is 0 Å². The average molecular weight is 320 g/mol. The molecule has 3 aromatic heterocycles. The van der Waals surface area contributed by atoms with Gasteiger partial charge in [0.25, 0.3) is 0 Å². The molecule has 1 aromatic carbocycles. The van der Waals surface area contributed by atoms with Crippen molar-refractivity contribution in [2.24, 2.45) is 0 Å². The van der Waals surface area contributed by atoms with Crippen LogP contribution in [0.2, 0.25) is 0 Å². The SMILES string of the molecule is Cc1nc(-c2ccc(F)cc2)c(-c2cc(-c3cn[nH]n3)ccn2)[nH]1. The lowest BCUT2D eigenvalue weighted by atomic mass is 10.1. The van der Waals surface area contributed by atoms with Crippen LogP contribution in [0.1, 0.15) is 5.82 Å². The molecule has 0 atom stereocenters. The quantitative estimate of drug-likeness (QED) is 0.606. The Morgan fingerprint density at radius 3 is 2.58 bits per heavy atom. The number of nitrogens with one attached hydrogen (secondary N) is 2. The average Bonchev–Trinajstić information content (AvgIpc) is 3.25. The molecular formula is C17H13FN6. The Kier molecular flexibility index (Phi) is 3.38. The lowest BCUT2D eigenvalue weighted by Crippen LogP contribution is -1.89. The third kappa shape index (κ3) is 2.56. The van der Waals surface area contributed by atoms with Gasteiger partial charge in [-0.15, -0.1) is 0 Å². The Hall–Kier alpha value is -3.35. The number of H-pyrrole nitrogens is 2. The van der Waals surface area contributed by atoms with Crippen molar-refractivity contribution in [3.8, 4) is 33.9 Å². The Labute approximate surface area is 136 Å². The van der Waals surface area contributed by atoms with E-state index in [9.17, 15) is 4.39 Å². The molecule has 7 heteroatoms. The molecule has 0 aliphatic carbocycles. The van der Waals surface area contributed by atoms with E-state index in [1.165, 1.54) is 12.1 Å². The molecule has 0 saturated carbocycles. The van der Waals surface area contributed by atoms with E-state index in [-0.39, 0.29) is 5.82 Å². The van der Waals surface area contributed by atoms with Crippen LogP contribution in [0.5, 0.6) is 0 Å². The number of rotatable bonds is 3. The van der Waals surface area contributed by atoms with Gasteiger partial charge in [0.2, 0.25) is 0 Å². The first-order chi connectivity index (χ1) is 11.7. The van der Waals surface area contributed by atoms with Gasteiger partial charge in [-0.05, 0) is 43.3 Å². The van der Waals surface area contributed by atoms with Gasteiger partial charge in [-0.3, -0.25) is 4.98 Å². The molecule has 0 bridgehead atoms. The van der Waals surface area contributed by atoms with Crippen molar-refractivity contribution in [1.82, 2.24) is 30.4 Å². The third-order valence-electron chi connectivity index (χ3n) is 3.67. The van der Waals surface area contributed by atoms with Crippen molar-refractivity contribution in [3.63, 3.8) is 0 Å². The van der Waals surface area contributed by atoms with Crippen molar-refractivity contribution in [2.45, 2.75) is 6.92 Å². The summed E-state index contributed by atoms with van der Waals surface area (Å²) < 4.78 is 13.2. The highest BCUT2D eigenvalue weighted by atomic mass is 19.1. The minimum atomic E-state index is -0.279. The smallest absolute Gasteiger partial charge is 0.123 e. The Morgan fingerprint density at radius 2 is 1.83 bits per heavy atom. The molecular weight excluding hydrogens is 307 g/mol. The predicted molar refractivity (Wildman–Crippen MR) is 87.3 cm³/mol. The van der Waals surface area contributed by atoms with E-state index >= 15 is 0 Å². The maximum absolute atomic E-state index is 13.2. The fourth-order valence-corrected chi connectivity index (χ4v) is 2.56. The van der Waals surface area contributed by atoms with Crippen LogP contribution >= 0.6 is 0 Å². The van der Waals surface area contributed by atoms with Crippen LogP contribution in [0.15, 0.2) is 48.8 Å². The largest absolute Gasteiger partial charge is 0.340 e. The van der Waals surface area contributed by atoms with Crippen molar-refractivity contribution < 1.29 is 4.39 Å². The summed E-state index contributed by atoms with van der Waals surface area (Å²) in [6, 6.07) is 10.0. The molecule has 0 aliphatic rings. The van der Waals surface area contributed by atoms with Crippen molar-refractivity contribution in [3.05, 3.63) is 60.4 Å². The topological polar surface area (TPSA) is 83.1 Å². The first-order valence-electron chi connectivity index (χ1n) is 7.36. The van der Waals surface area contributed by atoms with Crippen molar-refractivity contribution in [1.29, 1.82) is 0 Å². The minimum absolute atomic E-state index is 0.279. The lowest BCUT2D eigenvalue weighted by molar-refractivity contribution is 0.628. The number of aromatic amines is 2. The fraction of sp³-hybridized carbons (Fsp3) is 0.0588. The predicted octanol–water partition coefficient (Wildman–Crippen LogP) is 3.37. The van der Waals surface area contributed by atoms with Crippen LogP contribution in [-0.2, 0) is 0 Å². The normalized spacial score (nSPS) is 10.9. The second kappa shape index (κ2) is 5.69. The molecule has 4 rings (SSSR count). The third-order valence-corrected chi connectivity index (χ3v) is 3.67. The number of benzene rings is 1. The minimum Gasteiger partial charge on any atom is -0.340 e. The van der Waals surface area contributed by atoms with E-state index in [1.807, 2.05) is 19.1 Å². The highest BCUT2D eigenvalue weighted by Gasteiger charge is 2.15. The van der Waals surface area contributed by atoms with Gasteiger partial charge >= 0.3 is 0 Å². The van der Waals surface area contributed by atoms with Crippen LogP contribution in [0, 0.1) is 12.7 Å². The first kappa shape index (κ1) is 14.3. The molecule has 2 N–H and O–H groups in total. The maximum atomic E-state index is 13.2. The Bertz CT molecular complexity index is 973. The van der Waals surface area contributed by atoms with Gasteiger partial charge in [0, 0.05) is 17.3 Å². The number of hydrogen-bond acceptors (Lipinski definition) is 4. The first-order valence-corrected chi connectivity index (χ1v) is 7.36. The molecule has 0 amide bonds. The highest BCUT2D eigenvalue weighted by molar-refractivity contribution is 5.78. The van der Waals surface area contributed by atoms with Gasteiger partial charge in [0.15, 0.2) is 0 Å². The van der Waals surface area contributed by atoms with Gasteiger partial charge in [0.1, 0.15) is 17.3 Å². The molecule has 3 heterocycles. The number of hydrogen-bond donors (Lipinski definition) is 2. The monoisotopic (exact) mass is 320 g/mol. The number of pyridine rings is 1. The summed E-state index contributed by atoms with van der Waals surface area (Å²) >= 11 is 0. The number of aromatic nitrogens is 6. The van der Waals surface area contributed by atoms with Crippen LogP contribution in [0.25, 0.3) is 33.9 Å². The van der Waals surface area contributed by atoms with E-state index in [0.29, 0.717) is 0 Å². The molecule has 0 unspecified atom stereocenters. The van der Waals surface area contributed by atoms with E-state index < -0.39 is 0 Å². The van der Waals surface area contributed by atoms with Crippen LogP contribution in [0.4, 0.5) is 4.39 Å². The molecule has 0 saturated heterocycles. The summed E-state index contributed by atoms with van der Waals surface area (Å²) in [5, 5.41) is 10.5. The van der Waals surface area contributed by atoms with Gasteiger partial charge < -0.3 is 4.98 Å². The van der Waals surface area contributed by atoms with Crippen LogP contribution < -0.4 is 0 Å². The number of imidazole rings is 1. The zero-order valence-electron chi connectivity index (χ0n) is 12.8. The maximum Gasteiger partial charge on any atom is 0.123 e. The fourth-order valence-electron chi connectivity index (χ4n) is 2.56. The second-order valence-electron chi connectivity index (χ2n) is 5.34. The zero-order chi connectivity index (χ0) is 16.5. The highest BCUT2D eigenvalue weighted by Crippen LogP contribution is 2.30. The lowest BCUT2D eigenvalue weighted by Gasteiger charge is -2.04. The summed E-state index contributed by atoms with van der Waals surface area (Å²) in [6.07, 6.45) is 3.36. The summed E-state index contributed by atoms with van der Waals surface area (Å²) in [6.45, 7) is 1.87. The molecule has 4 aromatic rings. The number of aryl methyl sites for hydroxylation is 1. The Morgan fingerprint density at radius 1 is 1.00 bits per heavy atom. The van der Waals surface area contributed by atoms with Gasteiger partial charge in [-0.25, -0.2) is 9.37 Å². The molecule has 0 aliphatic heterocycles. The second-order valence-corrected chi connectivity index (χ2v) is 5.34. The summed E-state index contributed by atoms with van der Waals surface area (Å²) in [4.78, 5) is 12.2. The van der Waals surface area contributed by atoms with Crippen molar-refractivity contribution >= 4 is 0 Å². The van der Waals surface area contributed by atoms with E-state index in [0.717, 1.165) is 39.7 Å². The molecule has 6 nitrogen and oxygen atoms in total. The molecule has 0 fully saturated rings. The van der Waals surface area contributed by atoms with E-state index in [4.69, 9.17) is 0 Å². The van der Waals surface area contributed by atoms with E-state index in [2.05, 4.69) is 30.4 Å².